The molecular formula is C22H20F3N5O2S2. The summed E-state index contributed by atoms with van der Waals surface area (Å²) < 4.78 is 71.7. The number of nitrogens with one attached hydrogen (secondary N) is 1. The molecule has 0 bridgehead atoms. The third-order valence-electron chi connectivity index (χ3n) is 5.83. The number of aromatic nitrogens is 2. The van der Waals surface area contributed by atoms with E-state index in [1.165, 1.54) is 24.5 Å². The highest BCUT2D eigenvalue weighted by atomic mass is 32.2. The second-order valence-electron chi connectivity index (χ2n) is 7.94. The van der Waals surface area contributed by atoms with Gasteiger partial charge in [0.05, 0.1) is 22.4 Å². The topological polar surface area (TPSA) is 99.0 Å². The molecule has 2 atom stereocenters. The van der Waals surface area contributed by atoms with E-state index in [1.54, 1.807) is 30.3 Å². The van der Waals surface area contributed by atoms with E-state index in [0.29, 0.717) is 5.56 Å². The number of piperidine rings is 1. The Kier molecular flexibility index (Phi) is 6.88. The Bertz CT molecular complexity index is 1280. The molecule has 1 aromatic heterocycles. The van der Waals surface area contributed by atoms with Crippen molar-refractivity contribution >= 4 is 26.7 Å². The number of rotatable bonds is 6. The standard InChI is InChI=1S/C22H20F3N5O2S2/c23-22(24,25)18-8-9-30(20(11-18)15-4-2-1-3-5-15)13-16-6-7-19(10-17(16)12-26)34(31,32)29-21-27-14-28-33-21/h1-7,10,14,18,20H,8-9,11,13H2,(H,27,28,29)/t18-,20+/m1/s1. The monoisotopic (exact) mass is 507 g/mol. The number of hydrogen-bond donors (Lipinski definition) is 1. The van der Waals surface area contributed by atoms with Crippen molar-refractivity contribution in [3.8, 4) is 6.07 Å². The lowest BCUT2D eigenvalue weighted by Crippen LogP contribution is -2.41. The van der Waals surface area contributed by atoms with Crippen LogP contribution in [0.2, 0.25) is 0 Å². The van der Waals surface area contributed by atoms with Gasteiger partial charge < -0.3 is 0 Å². The summed E-state index contributed by atoms with van der Waals surface area (Å²) in [6.45, 7) is 0.421. The fraction of sp³-hybridized carbons (Fsp3) is 0.318. The minimum atomic E-state index is -4.27. The van der Waals surface area contributed by atoms with Crippen LogP contribution in [0.3, 0.4) is 0 Å². The molecule has 0 unspecified atom stereocenters. The van der Waals surface area contributed by atoms with Crippen molar-refractivity contribution in [2.75, 3.05) is 11.3 Å². The smallest absolute Gasteiger partial charge is 0.292 e. The van der Waals surface area contributed by atoms with Gasteiger partial charge >= 0.3 is 6.18 Å². The van der Waals surface area contributed by atoms with Crippen LogP contribution in [0.4, 0.5) is 18.3 Å². The van der Waals surface area contributed by atoms with Gasteiger partial charge in [-0.05, 0) is 42.6 Å². The van der Waals surface area contributed by atoms with Crippen LogP contribution in [0.5, 0.6) is 0 Å². The van der Waals surface area contributed by atoms with Crippen molar-refractivity contribution in [1.29, 1.82) is 5.26 Å². The molecule has 0 aliphatic carbocycles. The van der Waals surface area contributed by atoms with E-state index in [1.807, 2.05) is 11.0 Å². The summed E-state index contributed by atoms with van der Waals surface area (Å²) in [5.74, 6) is -1.40. The first-order valence-electron chi connectivity index (χ1n) is 10.4. The molecule has 7 nitrogen and oxygen atoms in total. The molecule has 1 aliphatic heterocycles. The molecule has 0 spiro atoms. The Balaban J connectivity index is 1.60. The number of nitriles is 1. The van der Waals surface area contributed by atoms with Crippen molar-refractivity contribution in [3.05, 3.63) is 71.5 Å². The van der Waals surface area contributed by atoms with Gasteiger partial charge in [-0.3, -0.25) is 9.62 Å². The Morgan fingerprint density at radius 3 is 2.62 bits per heavy atom. The van der Waals surface area contributed by atoms with Crippen molar-refractivity contribution in [1.82, 2.24) is 14.3 Å². The van der Waals surface area contributed by atoms with Gasteiger partial charge in [0, 0.05) is 24.1 Å². The molecule has 2 heterocycles. The first-order chi connectivity index (χ1) is 16.2. The lowest BCUT2D eigenvalue weighted by molar-refractivity contribution is -0.190. The van der Waals surface area contributed by atoms with Gasteiger partial charge in [-0.2, -0.15) is 22.8 Å². The Labute approximate surface area is 199 Å². The molecule has 178 valence electrons. The van der Waals surface area contributed by atoms with E-state index >= 15 is 0 Å². The van der Waals surface area contributed by atoms with Gasteiger partial charge in [-0.15, -0.1) is 0 Å². The number of nitrogens with zero attached hydrogens (tertiary/aromatic N) is 4. The number of sulfonamides is 1. The molecule has 1 N–H and O–H groups in total. The van der Waals surface area contributed by atoms with E-state index < -0.39 is 28.2 Å². The minimum Gasteiger partial charge on any atom is -0.292 e. The molecule has 1 fully saturated rings. The molecule has 1 saturated heterocycles. The van der Waals surface area contributed by atoms with E-state index in [4.69, 9.17) is 0 Å². The van der Waals surface area contributed by atoms with Crippen LogP contribution < -0.4 is 4.72 Å². The van der Waals surface area contributed by atoms with Crippen LogP contribution in [0, 0.1) is 17.2 Å². The zero-order valence-electron chi connectivity index (χ0n) is 17.7. The molecule has 3 aromatic rings. The van der Waals surface area contributed by atoms with Crippen LogP contribution in [0.1, 0.15) is 35.6 Å². The molecule has 1 aliphatic rings. The summed E-state index contributed by atoms with van der Waals surface area (Å²) in [7, 11) is -3.97. The third-order valence-corrected chi connectivity index (χ3v) is 7.88. The molecular weight excluding hydrogens is 487 g/mol. The maximum atomic E-state index is 13.5. The second-order valence-corrected chi connectivity index (χ2v) is 10.4. The highest BCUT2D eigenvalue weighted by molar-refractivity contribution is 7.93. The average Bonchev–Trinajstić information content (AvgIpc) is 3.31. The van der Waals surface area contributed by atoms with Crippen LogP contribution in [-0.4, -0.2) is 35.4 Å². The van der Waals surface area contributed by atoms with Gasteiger partial charge in [-0.1, -0.05) is 36.4 Å². The van der Waals surface area contributed by atoms with E-state index in [0.717, 1.165) is 17.1 Å². The largest absolute Gasteiger partial charge is 0.391 e. The second kappa shape index (κ2) is 9.69. The fourth-order valence-electron chi connectivity index (χ4n) is 4.10. The number of anilines is 1. The van der Waals surface area contributed by atoms with E-state index in [9.17, 15) is 26.9 Å². The average molecular weight is 508 g/mol. The predicted octanol–water partition coefficient (Wildman–Crippen LogP) is 4.73. The number of halogens is 3. The summed E-state index contributed by atoms with van der Waals surface area (Å²) in [6, 6.07) is 14.7. The third kappa shape index (κ3) is 5.38. The van der Waals surface area contributed by atoms with Crippen LogP contribution in [0.25, 0.3) is 0 Å². The molecule has 2 aromatic carbocycles. The van der Waals surface area contributed by atoms with Crippen molar-refractivity contribution < 1.29 is 21.6 Å². The first-order valence-corrected chi connectivity index (χ1v) is 12.6. The Hall–Kier alpha value is -3.01. The maximum Gasteiger partial charge on any atom is 0.391 e. The fourth-order valence-corrected chi connectivity index (χ4v) is 5.79. The zero-order chi connectivity index (χ0) is 24.3. The van der Waals surface area contributed by atoms with Gasteiger partial charge in [0.1, 0.15) is 6.33 Å². The van der Waals surface area contributed by atoms with Crippen LogP contribution in [0.15, 0.2) is 59.8 Å². The first kappa shape index (κ1) is 24.1. The summed E-state index contributed by atoms with van der Waals surface area (Å²) in [4.78, 5) is 5.60. The lowest BCUT2D eigenvalue weighted by Gasteiger charge is -2.40. The predicted molar refractivity (Wildman–Crippen MR) is 120 cm³/mol. The van der Waals surface area contributed by atoms with Gasteiger partial charge in [-0.25, -0.2) is 13.4 Å². The van der Waals surface area contributed by atoms with Crippen molar-refractivity contribution in [2.45, 2.75) is 36.5 Å². The Morgan fingerprint density at radius 2 is 1.97 bits per heavy atom. The molecule has 34 heavy (non-hydrogen) atoms. The van der Waals surface area contributed by atoms with Gasteiger partial charge in [0.15, 0.2) is 0 Å². The minimum absolute atomic E-state index is 0.0348. The molecule has 0 radical (unpaired) electrons. The number of likely N-dealkylation sites (tertiary alicyclic amines) is 1. The van der Waals surface area contributed by atoms with Crippen molar-refractivity contribution in [2.24, 2.45) is 5.92 Å². The summed E-state index contributed by atoms with van der Waals surface area (Å²) in [6.07, 6.45) is -3.16. The zero-order valence-corrected chi connectivity index (χ0v) is 19.4. The molecule has 12 heteroatoms. The molecule has 0 amide bonds. The molecule has 0 saturated carbocycles. The summed E-state index contributed by atoms with van der Waals surface area (Å²) in [5, 5.41) is 9.77. The summed E-state index contributed by atoms with van der Waals surface area (Å²) in [5.41, 5.74) is 1.46. The highest BCUT2D eigenvalue weighted by Crippen LogP contribution is 2.42. The number of hydrogen-bond acceptors (Lipinski definition) is 7. The van der Waals surface area contributed by atoms with E-state index in [2.05, 4.69) is 14.1 Å². The van der Waals surface area contributed by atoms with Gasteiger partial charge in [0.2, 0.25) is 5.13 Å². The normalized spacial score (nSPS) is 19.5. The Morgan fingerprint density at radius 1 is 1.21 bits per heavy atom. The molecule has 4 rings (SSSR count). The summed E-state index contributed by atoms with van der Waals surface area (Å²) >= 11 is 0.878. The van der Waals surface area contributed by atoms with Crippen LogP contribution in [-0.2, 0) is 16.6 Å². The number of benzene rings is 2. The van der Waals surface area contributed by atoms with Crippen molar-refractivity contribution in [3.63, 3.8) is 0 Å². The van der Waals surface area contributed by atoms with Gasteiger partial charge in [0.25, 0.3) is 10.0 Å². The van der Waals surface area contributed by atoms with E-state index in [-0.39, 0.29) is 41.5 Å². The SMILES string of the molecule is N#Cc1cc(S(=O)(=O)Nc2ncns2)ccc1CN1CC[C@@H](C(F)(F)F)C[C@H]1c1ccccc1. The lowest BCUT2D eigenvalue weighted by atomic mass is 9.86. The maximum absolute atomic E-state index is 13.5. The quantitative estimate of drug-likeness (QED) is 0.518. The highest BCUT2D eigenvalue weighted by Gasteiger charge is 2.44. The van der Waals surface area contributed by atoms with Crippen LogP contribution >= 0.6 is 11.5 Å². The number of alkyl halides is 3.